The highest BCUT2D eigenvalue weighted by Gasteiger charge is 2.12. The second-order valence-electron chi connectivity index (χ2n) is 13.6. The van der Waals surface area contributed by atoms with Gasteiger partial charge >= 0.3 is 11.9 Å². The third kappa shape index (κ3) is 38.4. The summed E-state index contributed by atoms with van der Waals surface area (Å²) in [6.45, 7) is 4.07. The summed E-state index contributed by atoms with van der Waals surface area (Å²) in [6.07, 6.45) is 47.4. The van der Waals surface area contributed by atoms with E-state index in [9.17, 15) is 19.8 Å². The second-order valence-corrected chi connectivity index (χ2v) is 13.6. The van der Waals surface area contributed by atoms with E-state index in [0.717, 1.165) is 44.9 Å². The normalized spacial score (nSPS) is 13.4. The van der Waals surface area contributed by atoms with Crippen LogP contribution >= 0.6 is 0 Å². The number of ether oxygens (including phenoxy) is 2. The Kier molecular flexibility index (Phi) is 37.4. The molecule has 0 rings (SSSR count). The van der Waals surface area contributed by atoms with Crippen molar-refractivity contribution < 1.29 is 29.3 Å². The van der Waals surface area contributed by atoms with Crippen LogP contribution in [0.5, 0.6) is 0 Å². The lowest BCUT2D eigenvalue weighted by Crippen LogP contribution is -2.25. The van der Waals surface area contributed by atoms with Crippen LogP contribution in [0.4, 0.5) is 0 Å². The summed E-state index contributed by atoms with van der Waals surface area (Å²) in [5, 5.41) is 20.0. The first kappa shape index (κ1) is 47.6. The van der Waals surface area contributed by atoms with Crippen molar-refractivity contribution in [3.63, 3.8) is 0 Å². The Bertz CT molecular complexity index is 902. The van der Waals surface area contributed by atoms with E-state index >= 15 is 0 Å². The molecule has 0 amide bonds. The van der Waals surface area contributed by atoms with Crippen molar-refractivity contribution in [3.05, 3.63) is 60.8 Å². The van der Waals surface area contributed by atoms with Gasteiger partial charge in [-0.25, -0.2) is 0 Å². The zero-order chi connectivity index (χ0) is 36.6. The standard InChI is InChI=1S/C44H76O6/c1-3-5-7-9-11-12-13-14-15-16-17-18-19-20-21-25-29-33-37-43(47)49-39-42(46)40-50-44(48)38-34-30-26-23-22-24-28-32-36-41(45)35-31-27-10-8-6-4-2/h6,8,23-24,26-28,31-32,36,41-42,45-46H,3-5,7,9-22,25,29-30,33-35,37-40H2,1-2H3/b8-6-,26-23-,28-24-,31-27-,36-32+/t41?,42-/m1/s1. The maximum absolute atomic E-state index is 12.0. The predicted molar refractivity (Wildman–Crippen MR) is 211 cm³/mol. The molecule has 50 heavy (non-hydrogen) atoms. The molecule has 288 valence electrons. The van der Waals surface area contributed by atoms with Crippen molar-refractivity contribution in [1.82, 2.24) is 0 Å². The van der Waals surface area contributed by atoms with Crippen LogP contribution in [0.2, 0.25) is 0 Å². The number of hydrogen-bond donors (Lipinski definition) is 2. The smallest absolute Gasteiger partial charge is 0.305 e. The van der Waals surface area contributed by atoms with Crippen LogP contribution < -0.4 is 0 Å². The van der Waals surface area contributed by atoms with Gasteiger partial charge in [-0.3, -0.25) is 9.59 Å². The van der Waals surface area contributed by atoms with E-state index in [4.69, 9.17) is 9.47 Å². The van der Waals surface area contributed by atoms with E-state index in [1.54, 1.807) is 6.08 Å². The Labute approximate surface area is 307 Å². The summed E-state index contributed by atoms with van der Waals surface area (Å²) in [5.41, 5.74) is 0. The zero-order valence-electron chi connectivity index (χ0n) is 32.3. The Morgan fingerprint density at radius 3 is 1.52 bits per heavy atom. The largest absolute Gasteiger partial charge is 0.463 e. The summed E-state index contributed by atoms with van der Waals surface area (Å²) in [5.74, 6) is -0.667. The van der Waals surface area contributed by atoms with E-state index in [-0.39, 0.29) is 31.6 Å². The maximum atomic E-state index is 12.0. The van der Waals surface area contributed by atoms with E-state index in [0.29, 0.717) is 19.3 Å². The number of esters is 2. The van der Waals surface area contributed by atoms with Gasteiger partial charge in [-0.15, -0.1) is 0 Å². The van der Waals surface area contributed by atoms with Gasteiger partial charge in [0.05, 0.1) is 6.10 Å². The Balaban J connectivity index is 3.57. The average molecular weight is 701 g/mol. The molecule has 0 bridgehead atoms. The molecule has 0 aliphatic rings. The summed E-state index contributed by atoms with van der Waals surface area (Å²) >= 11 is 0. The molecule has 0 aliphatic carbocycles. The van der Waals surface area contributed by atoms with Crippen LogP contribution in [0.3, 0.4) is 0 Å². The molecule has 6 heteroatoms. The van der Waals surface area contributed by atoms with Crippen LogP contribution in [0.25, 0.3) is 0 Å². The summed E-state index contributed by atoms with van der Waals surface area (Å²) in [7, 11) is 0. The summed E-state index contributed by atoms with van der Waals surface area (Å²) in [4.78, 5) is 23.9. The predicted octanol–water partition coefficient (Wildman–Crippen LogP) is 11.8. The molecule has 6 nitrogen and oxygen atoms in total. The topological polar surface area (TPSA) is 93.1 Å². The van der Waals surface area contributed by atoms with Gasteiger partial charge in [-0.2, -0.15) is 0 Å². The van der Waals surface area contributed by atoms with Crippen LogP contribution in [0.15, 0.2) is 60.8 Å². The van der Waals surface area contributed by atoms with Crippen molar-refractivity contribution in [3.8, 4) is 0 Å². The van der Waals surface area contributed by atoms with Gasteiger partial charge in [0.2, 0.25) is 0 Å². The first-order valence-corrected chi connectivity index (χ1v) is 20.4. The van der Waals surface area contributed by atoms with Gasteiger partial charge in [0.15, 0.2) is 0 Å². The molecule has 2 atom stereocenters. The molecule has 0 aromatic rings. The van der Waals surface area contributed by atoms with Crippen LogP contribution in [-0.2, 0) is 19.1 Å². The van der Waals surface area contributed by atoms with Crippen molar-refractivity contribution in [2.75, 3.05) is 13.2 Å². The van der Waals surface area contributed by atoms with Crippen LogP contribution in [-0.4, -0.2) is 47.6 Å². The molecule has 0 aromatic heterocycles. The average Bonchev–Trinajstić information content (AvgIpc) is 3.11. The molecule has 0 fully saturated rings. The number of aliphatic hydroxyl groups excluding tert-OH is 2. The number of hydrogen-bond acceptors (Lipinski definition) is 6. The number of carbonyl (C=O) groups excluding carboxylic acids is 2. The molecule has 1 unspecified atom stereocenters. The first-order valence-electron chi connectivity index (χ1n) is 20.4. The Hall–Kier alpha value is -2.44. The highest BCUT2D eigenvalue weighted by molar-refractivity contribution is 5.69. The van der Waals surface area contributed by atoms with Gasteiger partial charge in [-0.05, 0) is 44.9 Å². The molecular formula is C44H76O6. The van der Waals surface area contributed by atoms with Gasteiger partial charge < -0.3 is 19.7 Å². The third-order valence-electron chi connectivity index (χ3n) is 8.60. The quantitative estimate of drug-likeness (QED) is 0.0292. The molecule has 0 spiro atoms. The van der Waals surface area contributed by atoms with Crippen molar-refractivity contribution in [2.24, 2.45) is 0 Å². The monoisotopic (exact) mass is 701 g/mol. The van der Waals surface area contributed by atoms with Crippen LogP contribution in [0, 0.1) is 0 Å². The molecule has 2 N–H and O–H groups in total. The van der Waals surface area contributed by atoms with E-state index in [1.807, 2.05) is 36.5 Å². The molecular weight excluding hydrogens is 624 g/mol. The lowest BCUT2D eigenvalue weighted by Gasteiger charge is -2.12. The minimum absolute atomic E-state index is 0.149. The Morgan fingerprint density at radius 2 is 0.980 bits per heavy atom. The minimum Gasteiger partial charge on any atom is -0.463 e. The molecule has 0 aromatic carbocycles. The fourth-order valence-corrected chi connectivity index (χ4v) is 5.50. The van der Waals surface area contributed by atoms with Gasteiger partial charge in [0, 0.05) is 12.8 Å². The Morgan fingerprint density at radius 1 is 0.520 bits per heavy atom. The maximum Gasteiger partial charge on any atom is 0.305 e. The number of carbonyl (C=O) groups is 2. The number of aliphatic hydroxyl groups is 2. The van der Waals surface area contributed by atoms with Crippen molar-refractivity contribution >= 4 is 11.9 Å². The van der Waals surface area contributed by atoms with E-state index < -0.39 is 12.2 Å². The van der Waals surface area contributed by atoms with Crippen LogP contribution in [0.1, 0.15) is 181 Å². The fourth-order valence-electron chi connectivity index (χ4n) is 5.50. The molecule has 0 saturated heterocycles. The molecule has 0 heterocycles. The third-order valence-corrected chi connectivity index (χ3v) is 8.60. The van der Waals surface area contributed by atoms with Gasteiger partial charge in [-0.1, -0.05) is 184 Å². The summed E-state index contributed by atoms with van der Waals surface area (Å²) < 4.78 is 10.3. The van der Waals surface area contributed by atoms with Crippen molar-refractivity contribution in [1.29, 1.82) is 0 Å². The molecule has 0 aliphatic heterocycles. The lowest BCUT2D eigenvalue weighted by atomic mass is 10.0. The minimum atomic E-state index is -1.01. The number of allylic oxidation sites excluding steroid dienone is 8. The molecule has 0 radical (unpaired) electrons. The highest BCUT2D eigenvalue weighted by atomic mass is 16.6. The number of rotatable bonds is 36. The van der Waals surface area contributed by atoms with Crippen molar-refractivity contribution in [2.45, 2.75) is 193 Å². The summed E-state index contributed by atoms with van der Waals surface area (Å²) in [6, 6.07) is 0. The highest BCUT2D eigenvalue weighted by Crippen LogP contribution is 2.15. The second kappa shape index (κ2) is 39.3. The lowest BCUT2D eigenvalue weighted by molar-refractivity contribution is -0.152. The zero-order valence-corrected chi connectivity index (χ0v) is 32.3. The van der Waals surface area contributed by atoms with E-state index in [2.05, 4.69) is 32.1 Å². The number of unbranched alkanes of at least 4 members (excludes halogenated alkanes) is 18. The van der Waals surface area contributed by atoms with Gasteiger partial charge in [0.25, 0.3) is 0 Å². The fraction of sp³-hybridized carbons (Fsp3) is 0.727. The van der Waals surface area contributed by atoms with E-state index in [1.165, 1.54) is 96.3 Å². The SMILES string of the molecule is CC/C=C\C/C=C\CC(O)/C=C/C=C\C/C=C\CCCC(=O)OC[C@H](O)COC(=O)CCCCCCCCCCCCCCCCCCCC. The first-order chi connectivity index (χ1) is 24.5. The molecule has 0 saturated carbocycles. The van der Waals surface area contributed by atoms with Gasteiger partial charge in [0.1, 0.15) is 19.3 Å².